The molecule has 0 aromatic carbocycles. The van der Waals surface area contributed by atoms with Gasteiger partial charge in [0.15, 0.2) is 0 Å². The molecule has 4 heterocycles. The second-order valence-electron chi connectivity index (χ2n) is 4.52. The molecular formula is C16H10N4. The lowest BCUT2D eigenvalue weighted by Gasteiger charge is -2.06. The normalized spacial score (nSPS) is 11.0. The highest BCUT2D eigenvalue weighted by Crippen LogP contribution is 2.27. The molecule has 0 bridgehead atoms. The maximum absolute atomic E-state index is 4.48. The van der Waals surface area contributed by atoms with Crippen LogP contribution in [0.1, 0.15) is 0 Å². The minimum absolute atomic E-state index is 0.885. The van der Waals surface area contributed by atoms with Gasteiger partial charge in [-0.3, -0.25) is 19.9 Å². The molecule has 0 saturated carbocycles. The van der Waals surface area contributed by atoms with Crippen molar-refractivity contribution in [2.75, 3.05) is 0 Å². The maximum atomic E-state index is 4.48. The third-order valence-corrected chi connectivity index (χ3v) is 3.29. The van der Waals surface area contributed by atoms with Crippen LogP contribution in [0.4, 0.5) is 0 Å². The van der Waals surface area contributed by atoms with Gasteiger partial charge >= 0.3 is 0 Å². The van der Waals surface area contributed by atoms with Gasteiger partial charge in [-0.25, -0.2) is 0 Å². The number of rotatable bonds is 1. The summed E-state index contributed by atoms with van der Waals surface area (Å²) in [6, 6.07) is 9.80. The molecule has 4 rings (SSSR count). The molecule has 0 radical (unpaired) electrons. The summed E-state index contributed by atoms with van der Waals surface area (Å²) in [5.41, 5.74) is 4.77. The van der Waals surface area contributed by atoms with E-state index in [1.165, 1.54) is 0 Å². The van der Waals surface area contributed by atoms with Gasteiger partial charge in [0.05, 0.1) is 16.6 Å². The third-order valence-electron chi connectivity index (χ3n) is 3.29. The lowest BCUT2D eigenvalue weighted by Crippen LogP contribution is -1.88. The van der Waals surface area contributed by atoms with Gasteiger partial charge in [-0.2, -0.15) is 0 Å². The van der Waals surface area contributed by atoms with Crippen LogP contribution in [-0.4, -0.2) is 19.9 Å². The maximum Gasteiger partial charge on any atom is 0.0965 e. The average Bonchev–Trinajstić information content (AvgIpc) is 2.54. The van der Waals surface area contributed by atoms with E-state index in [1.807, 2.05) is 36.7 Å². The third kappa shape index (κ3) is 1.70. The fourth-order valence-corrected chi connectivity index (χ4v) is 2.33. The summed E-state index contributed by atoms with van der Waals surface area (Å²) in [5, 5.41) is 1.02. The topological polar surface area (TPSA) is 51.6 Å². The van der Waals surface area contributed by atoms with Crippen molar-refractivity contribution in [1.82, 2.24) is 19.9 Å². The van der Waals surface area contributed by atoms with Crippen LogP contribution in [0.15, 0.2) is 61.3 Å². The van der Waals surface area contributed by atoms with Crippen LogP contribution in [0.2, 0.25) is 0 Å². The van der Waals surface area contributed by atoms with Crippen LogP contribution in [0.25, 0.3) is 33.1 Å². The zero-order valence-electron chi connectivity index (χ0n) is 10.6. The molecule has 94 valence electrons. The summed E-state index contributed by atoms with van der Waals surface area (Å²) < 4.78 is 0. The van der Waals surface area contributed by atoms with Crippen molar-refractivity contribution in [2.45, 2.75) is 0 Å². The molecule has 0 amide bonds. The first-order valence-corrected chi connectivity index (χ1v) is 6.32. The Kier molecular flexibility index (Phi) is 2.39. The van der Waals surface area contributed by atoms with Crippen LogP contribution in [0, 0.1) is 0 Å². The zero-order valence-corrected chi connectivity index (χ0v) is 10.6. The largest absolute Gasteiger partial charge is 0.264 e. The quantitative estimate of drug-likeness (QED) is 0.526. The number of aromatic nitrogens is 4. The molecule has 4 heteroatoms. The fraction of sp³-hybridized carbons (Fsp3) is 0. The highest BCUT2D eigenvalue weighted by Gasteiger charge is 2.06. The van der Waals surface area contributed by atoms with Crippen molar-refractivity contribution in [3.05, 3.63) is 61.3 Å². The van der Waals surface area contributed by atoms with Crippen LogP contribution < -0.4 is 0 Å². The number of hydrogen-bond donors (Lipinski definition) is 0. The highest BCUT2D eigenvalue weighted by molar-refractivity contribution is 5.93. The van der Waals surface area contributed by atoms with E-state index in [-0.39, 0.29) is 0 Å². The van der Waals surface area contributed by atoms with Crippen LogP contribution in [0.5, 0.6) is 0 Å². The molecule has 0 spiro atoms. The van der Waals surface area contributed by atoms with E-state index >= 15 is 0 Å². The summed E-state index contributed by atoms with van der Waals surface area (Å²) in [6.07, 6.45) is 9.02. The standard InChI is InChI=1S/C16H10N4/c1-2-15-16(19-5-1)13(3-7-18-15)11-8-12-9-17-6-4-14(12)20-10-11/h1-10H. The Morgan fingerprint density at radius 2 is 1.75 bits per heavy atom. The van der Waals surface area contributed by atoms with Gasteiger partial charge in [-0.15, -0.1) is 0 Å². The number of hydrogen-bond acceptors (Lipinski definition) is 4. The molecular weight excluding hydrogens is 248 g/mol. The monoisotopic (exact) mass is 258 g/mol. The SMILES string of the molecule is c1cnc2c(-c3cnc4ccncc4c3)ccnc2c1. The fourth-order valence-electron chi connectivity index (χ4n) is 2.33. The molecule has 0 fully saturated rings. The van der Waals surface area contributed by atoms with Crippen LogP contribution >= 0.6 is 0 Å². The first-order chi connectivity index (χ1) is 9.92. The van der Waals surface area contributed by atoms with E-state index in [4.69, 9.17) is 0 Å². The Hall–Kier alpha value is -2.88. The van der Waals surface area contributed by atoms with Crippen molar-refractivity contribution in [2.24, 2.45) is 0 Å². The molecule has 0 aliphatic rings. The van der Waals surface area contributed by atoms with Gasteiger partial charge in [0.1, 0.15) is 0 Å². The summed E-state index contributed by atoms with van der Waals surface area (Å²) >= 11 is 0. The van der Waals surface area contributed by atoms with E-state index in [0.717, 1.165) is 33.1 Å². The van der Waals surface area contributed by atoms with E-state index in [1.54, 1.807) is 18.6 Å². The first kappa shape index (κ1) is 11.0. The van der Waals surface area contributed by atoms with Crippen molar-refractivity contribution in [3.8, 4) is 11.1 Å². The molecule has 0 N–H and O–H groups in total. The average molecular weight is 258 g/mol. The van der Waals surface area contributed by atoms with Gasteiger partial charge in [-0.05, 0) is 30.3 Å². The minimum Gasteiger partial charge on any atom is -0.264 e. The zero-order chi connectivity index (χ0) is 13.4. The second kappa shape index (κ2) is 4.35. The predicted octanol–water partition coefficient (Wildman–Crippen LogP) is 3.24. The van der Waals surface area contributed by atoms with Gasteiger partial charge < -0.3 is 0 Å². The second-order valence-corrected chi connectivity index (χ2v) is 4.52. The van der Waals surface area contributed by atoms with Crippen molar-refractivity contribution >= 4 is 21.9 Å². The van der Waals surface area contributed by atoms with Gasteiger partial charge in [0.25, 0.3) is 0 Å². The van der Waals surface area contributed by atoms with Gasteiger partial charge in [-0.1, -0.05) is 0 Å². The predicted molar refractivity (Wildman–Crippen MR) is 78.1 cm³/mol. The molecule has 0 aliphatic carbocycles. The minimum atomic E-state index is 0.885. The summed E-state index contributed by atoms with van der Waals surface area (Å²) in [7, 11) is 0. The highest BCUT2D eigenvalue weighted by atomic mass is 14.7. The van der Waals surface area contributed by atoms with Crippen LogP contribution in [-0.2, 0) is 0 Å². The van der Waals surface area contributed by atoms with Crippen LogP contribution in [0.3, 0.4) is 0 Å². The molecule has 0 atom stereocenters. The summed E-state index contributed by atoms with van der Waals surface area (Å²) in [5.74, 6) is 0. The van der Waals surface area contributed by atoms with Gasteiger partial charge in [0.2, 0.25) is 0 Å². The Morgan fingerprint density at radius 1 is 0.750 bits per heavy atom. The first-order valence-electron chi connectivity index (χ1n) is 6.32. The number of pyridine rings is 4. The van der Waals surface area contributed by atoms with E-state index in [0.29, 0.717) is 0 Å². The molecule has 0 saturated heterocycles. The smallest absolute Gasteiger partial charge is 0.0965 e. The molecule has 0 unspecified atom stereocenters. The Morgan fingerprint density at radius 3 is 2.75 bits per heavy atom. The summed E-state index contributed by atoms with van der Waals surface area (Å²) in [4.78, 5) is 17.4. The lowest BCUT2D eigenvalue weighted by molar-refractivity contribution is 1.31. The van der Waals surface area contributed by atoms with E-state index in [2.05, 4.69) is 26.0 Å². The van der Waals surface area contributed by atoms with Crippen molar-refractivity contribution in [3.63, 3.8) is 0 Å². The van der Waals surface area contributed by atoms with Gasteiger partial charge in [0, 0.05) is 47.5 Å². The molecule has 4 nitrogen and oxygen atoms in total. The van der Waals surface area contributed by atoms with E-state index < -0.39 is 0 Å². The number of fused-ring (bicyclic) bond motifs is 2. The molecule has 4 aromatic heterocycles. The van der Waals surface area contributed by atoms with Crippen molar-refractivity contribution < 1.29 is 0 Å². The lowest BCUT2D eigenvalue weighted by atomic mass is 10.1. The van der Waals surface area contributed by atoms with Crippen molar-refractivity contribution in [1.29, 1.82) is 0 Å². The Bertz CT molecular complexity index is 913. The van der Waals surface area contributed by atoms with E-state index in [9.17, 15) is 0 Å². The Balaban J connectivity index is 2.01. The number of nitrogens with zero attached hydrogens (tertiary/aromatic N) is 4. The molecule has 20 heavy (non-hydrogen) atoms. The molecule has 4 aromatic rings. The summed E-state index contributed by atoms with van der Waals surface area (Å²) in [6.45, 7) is 0. The Labute approximate surface area is 115 Å². The molecule has 0 aliphatic heterocycles.